The molecular formula is C20H20ClN2OS2+. The lowest BCUT2D eigenvalue weighted by Gasteiger charge is -2.31. The number of carbonyl (C=O) groups is 1. The normalized spacial score (nSPS) is 19.2. The third-order valence-corrected chi connectivity index (χ3v) is 7.03. The molecule has 1 aliphatic rings. The Morgan fingerprint density at radius 1 is 1.27 bits per heavy atom. The summed E-state index contributed by atoms with van der Waals surface area (Å²) in [6.07, 6.45) is 1.03. The lowest BCUT2D eigenvalue weighted by molar-refractivity contribution is -0.919. The highest BCUT2D eigenvalue weighted by Crippen LogP contribution is 2.31. The molecule has 0 aliphatic carbocycles. The van der Waals surface area contributed by atoms with Gasteiger partial charge in [-0.05, 0) is 47.5 Å². The fourth-order valence-electron chi connectivity index (χ4n) is 3.57. The maximum absolute atomic E-state index is 12.7. The summed E-state index contributed by atoms with van der Waals surface area (Å²) in [5.74, 6) is 0.00555. The van der Waals surface area contributed by atoms with Gasteiger partial charge in [0.1, 0.15) is 6.04 Å². The molecule has 4 rings (SSSR count). The van der Waals surface area contributed by atoms with Crippen molar-refractivity contribution in [1.82, 2.24) is 0 Å². The molecule has 3 aromatic rings. The molecule has 6 heteroatoms. The SMILES string of the molecule is Cc1ccc(NC(=O)C[NH+]2CCc3sccc3[C@H]2c2cccs2)c(Cl)c1. The van der Waals surface area contributed by atoms with Gasteiger partial charge in [0.15, 0.2) is 6.54 Å². The zero-order valence-electron chi connectivity index (χ0n) is 14.4. The van der Waals surface area contributed by atoms with Gasteiger partial charge in [0.25, 0.3) is 5.91 Å². The van der Waals surface area contributed by atoms with Gasteiger partial charge in [-0.3, -0.25) is 4.79 Å². The van der Waals surface area contributed by atoms with Crippen molar-refractivity contribution in [3.63, 3.8) is 0 Å². The fraction of sp³-hybridized carbons (Fsp3) is 0.250. The van der Waals surface area contributed by atoms with Crippen molar-refractivity contribution < 1.29 is 9.69 Å². The summed E-state index contributed by atoms with van der Waals surface area (Å²) in [6.45, 7) is 3.38. The number of hydrogen-bond donors (Lipinski definition) is 2. The first-order valence-corrected chi connectivity index (χ1v) is 10.8. The van der Waals surface area contributed by atoms with Crippen molar-refractivity contribution in [2.75, 3.05) is 18.4 Å². The first kappa shape index (κ1) is 17.7. The molecule has 2 aromatic heterocycles. The molecule has 3 heterocycles. The molecule has 0 fully saturated rings. The smallest absolute Gasteiger partial charge is 0.279 e. The first-order chi connectivity index (χ1) is 12.6. The van der Waals surface area contributed by atoms with Crippen LogP contribution in [0.2, 0.25) is 5.02 Å². The molecule has 1 unspecified atom stereocenters. The minimum Gasteiger partial charge on any atom is -0.320 e. The largest absolute Gasteiger partial charge is 0.320 e. The average Bonchev–Trinajstić information content (AvgIpc) is 3.28. The molecule has 1 aliphatic heterocycles. The summed E-state index contributed by atoms with van der Waals surface area (Å²) in [6, 6.07) is 12.4. The van der Waals surface area contributed by atoms with Crippen molar-refractivity contribution in [3.05, 3.63) is 73.1 Å². The molecule has 0 spiro atoms. The molecule has 2 atom stereocenters. The van der Waals surface area contributed by atoms with Gasteiger partial charge in [-0.2, -0.15) is 0 Å². The fourth-order valence-corrected chi connectivity index (χ4v) is 5.68. The van der Waals surface area contributed by atoms with Gasteiger partial charge < -0.3 is 10.2 Å². The zero-order chi connectivity index (χ0) is 18.1. The van der Waals surface area contributed by atoms with Crippen LogP contribution in [-0.4, -0.2) is 19.0 Å². The number of quaternary nitrogens is 1. The summed E-state index contributed by atoms with van der Waals surface area (Å²) in [5.41, 5.74) is 3.14. The number of benzene rings is 1. The highest BCUT2D eigenvalue weighted by molar-refractivity contribution is 7.10. The number of fused-ring (bicyclic) bond motifs is 1. The van der Waals surface area contributed by atoms with Crippen LogP contribution in [0.3, 0.4) is 0 Å². The maximum Gasteiger partial charge on any atom is 0.279 e. The van der Waals surface area contributed by atoms with E-state index in [1.54, 1.807) is 11.3 Å². The highest BCUT2D eigenvalue weighted by atomic mass is 35.5. The molecule has 2 N–H and O–H groups in total. The number of thiophene rings is 2. The van der Waals surface area contributed by atoms with Crippen LogP contribution < -0.4 is 10.2 Å². The highest BCUT2D eigenvalue weighted by Gasteiger charge is 2.35. The van der Waals surface area contributed by atoms with E-state index >= 15 is 0 Å². The van der Waals surface area contributed by atoms with Gasteiger partial charge >= 0.3 is 0 Å². The summed E-state index contributed by atoms with van der Waals surface area (Å²) < 4.78 is 0. The second-order valence-electron chi connectivity index (χ2n) is 6.61. The number of nitrogens with one attached hydrogen (secondary N) is 2. The van der Waals surface area contributed by atoms with Gasteiger partial charge in [-0.15, -0.1) is 22.7 Å². The van der Waals surface area contributed by atoms with Crippen molar-refractivity contribution in [3.8, 4) is 0 Å². The quantitative estimate of drug-likeness (QED) is 0.679. The zero-order valence-corrected chi connectivity index (χ0v) is 16.8. The summed E-state index contributed by atoms with van der Waals surface area (Å²) in [4.78, 5) is 16.8. The summed E-state index contributed by atoms with van der Waals surface area (Å²) >= 11 is 9.85. The van der Waals surface area contributed by atoms with Crippen molar-refractivity contribution in [2.24, 2.45) is 0 Å². The van der Waals surface area contributed by atoms with E-state index in [0.717, 1.165) is 18.5 Å². The Hall–Kier alpha value is -1.66. The van der Waals surface area contributed by atoms with Crippen molar-refractivity contribution in [1.29, 1.82) is 0 Å². The third kappa shape index (κ3) is 3.58. The molecular weight excluding hydrogens is 384 g/mol. The van der Waals surface area contributed by atoms with E-state index < -0.39 is 0 Å². The monoisotopic (exact) mass is 403 g/mol. The third-order valence-electron chi connectivity index (χ3n) is 4.79. The molecule has 0 saturated carbocycles. The van der Waals surface area contributed by atoms with Crippen LogP contribution in [0, 0.1) is 6.92 Å². The van der Waals surface area contributed by atoms with Gasteiger partial charge in [0.2, 0.25) is 0 Å². The number of carbonyl (C=O) groups excluding carboxylic acids is 1. The molecule has 26 heavy (non-hydrogen) atoms. The van der Waals surface area contributed by atoms with Gasteiger partial charge in [-0.25, -0.2) is 0 Å². The first-order valence-electron chi connectivity index (χ1n) is 8.62. The Balaban J connectivity index is 1.54. The lowest BCUT2D eigenvalue weighted by Crippen LogP contribution is -3.14. The van der Waals surface area contributed by atoms with E-state index in [0.29, 0.717) is 17.3 Å². The van der Waals surface area contributed by atoms with Crippen LogP contribution in [0.4, 0.5) is 5.69 Å². The molecule has 3 nitrogen and oxygen atoms in total. The Labute approximate surface area is 166 Å². The van der Waals surface area contributed by atoms with E-state index in [-0.39, 0.29) is 11.9 Å². The minimum atomic E-state index is 0.00555. The van der Waals surface area contributed by atoms with Crippen molar-refractivity contribution in [2.45, 2.75) is 19.4 Å². The maximum atomic E-state index is 12.7. The van der Waals surface area contributed by atoms with Gasteiger partial charge in [0.05, 0.1) is 22.1 Å². The molecule has 134 valence electrons. The summed E-state index contributed by atoms with van der Waals surface area (Å²) in [5, 5.41) is 7.85. The van der Waals surface area contributed by atoms with Crippen LogP contribution >= 0.6 is 34.3 Å². The van der Waals surface area contributed by atoms with Crippen LogP contribution in [-0.2, 0) is 11.2 Å². The predicted octanol–water partition coefficient (Wildman–Crippen LogP) is 3.94. The molecule has 1 amide bonds. The van der Waals surface area contributed by atoms with Crippen LogP contribution in [0.15, 0.2) is 47.2 Å². The second-order valence-corrected chi connectivity index (χ2v) is 9.00. The minimum absolute atomic E-state index is 0.00555. The van der Waals surface area contributed by atoms with E-state index in [9.17, 15) is 4.79 Å². The van der Waals surface area contributed by atoms with Gasteiger partial charge in [-0.1, -0.05) is 23.7 Å². The average molecular weight is 404 g/mol. The number of aryl methyl sites for hydroxylation is 1. The number of amides is 1. The topological polar surface area (TPSA) is 33.5 Å². The van der Waals surface area contributed by atoms with E-state index in [1.165, 1.54) is 20.2 Å². The van der Waals surface area contributed by atoms with Crippen LogP contribution in [0.1, 0.15) is 26.9 Å². The number of rotatable bonds is 4. The van der Waals surface area contributed by atoms with E-state index in [2.05, 4.69) is 34.3 Å². The van der Waals surface area contributed by atoms with E-state index in [4.69, 9.17) is 11.6 Å². The number of halogens is 1. The number of hydrogen-bond acceptors (Lipinski definition) is 3. The Morgan fingerprint density at radius 2 is 2.15 bits per heavy atom. The molecule has 1 aromatic carbocycles. The lowest BCUT2D eigenvalue weighted by atomic mass is 9.98. The predicted molar refractivity (Wildman–Crippen MR) is 110 cm³/mol. The molecule has 0 bridgehead atoms. The van der Waals surface area contributed by atoms with Gasteiger partial charge in [0, 0.05) is 16.9 Å². The van der Waals surface area contributed by atoms with Crippen LogP contribution in [0.25, 0.3) is 0 Å². The standard InChI is InChI=1S/C20H19ClN2OS2/c1-13-4-5-16(15(21)11-13)22-19(24)12-23-8-6-17-14(7-10-26-17)20(23)18-3-2-9-25-18/h2-5,7,9-11,20H,6,8,12H2,1H3,(H,22,24)/p+1/t20-/m0/s1. The van der Waals surface area contributed by atoms with Crippen molar-refractivity contribution >= 4 is 45.9 Å². The Bertz CT molecular complexity index is 920. The molecule has 0 radical (unpaired) electrons. The Kier molecular flexibility index (Phi) is 5.14. The summed E-state index contributed by atoms with van der Waals surface area (Å²) in [7, 11) is 0. The van der Waals surface area contributed by atoms with Crippen LogP contribution in [0.5, 0.6) is 0 Å². The second kappa shape index (κ2) is 7.53. The molecule has 0 saturated heterocycles. The van der Waals surface area contributed by atoms with E-state index in [1.807, 2.05) is 36.5 Å². The number of anilines is 1. The Morgan fingerprint density at radius 3 is 2.92 bits per heavy atom.